The molecule has 2 rings (SSSR count). The molecule has 0 bridgehead atoms. The van der Waals surface area contributed by atoms with Gasteiger partial charge in [-0.05, 0) is 43.4 Å². The molecule has 2 N–H and O–H groups in total. The van der Waals surface area contributed by atoms with E-state index in [0.717, 1.165) is 5.75 Å². The minimum absolute atomic E-state index is 0.177. The largest absolute Gasteiger partial charge is 0.494 e. The molecule has 0 spiro atoms. The number of ether oxygens (including phenoxy) is 1. The van der Waals surface area contributed by atoms with Crippen molar-refractivity contribution in [3.8, 4) is 5.75 Å². The Morgan fingerprint density at radius 3 is 2.76 bits per heavy atom. The van der Waals surface area contributed by atoms with Gasteiger partial charge in [-0.3, -0.25) is 0 Å². The predicted molar refractivity (Wildman–Crippen MR) is 71.1 cm³/mol. The lowest BCUT2D eigenvalue weighted by Gasteiger charge is -2.27. The van der Waals surface area contributed by atoms with Crippen LogP contribution in [0.4, 0.5) is 0 Å². The second-order valence-electron chi connectivity index (χ2n) is 4.93. The van der Waals surface area contributed by atoms with E-state index in [1.165, 1.54) is 37.7 Å². The molecule has 1 aromatic carbocycles. The summed E-state index contributed by atoms with van der Waals surface area (Å²) >= 11 is 0. The van der Waals surface area contributed by atoms with Crippen LogP contribution in [-0.2, 0) is 0 Å². The summed E-state index contributed by atoms with van der Waals surface area (Å²) in [5.41, 5.74) is 7.60. The predicted octanol–water partition coefficient (Wildman–Crippen LogP) is 3.67. The number of benzene rings is 1. The van der Waals surface area contributed by atoms with Crippen molar-refractivity contribution in [3.05, 3.63) is 29.8 Å². The Bertz CT molecular complexity index is 345. The van der Waals surface area contributed by atoms with Gasteiger partial charge in [0.1, 0.15) is 5.75 Å². The van der Waals surface area contributed by atoms with Gasteiger partial charge in [0.2, 0.25) is 0 Å². The summed E-state index contributed by atoms with van der Waals surface area (Å²) < 4.78 is 5.53. The molecule has 1 aliphatic carbocycles. The highest BCUT2D eigenvalue weighted by atomic mass is 16.5. The maximum absolute atomic E-state index is 6.38. The molecule has 1 atom stereocenters. The van der Waals surface area contributed by atoms with E-state index in [-0.39, 0.29) is 6.04 Å². The molecule has 1 aliphatic rings. The first kappa shape index (κ1) is 12.4. The van der Waals surface area contributed by atoms with E-state index in [1.54, 1.807) is 0 Å². The smallest absolute Gasteiger partial charge is 0.119 e. The molecule has 17 heavy (non-hydrogen) atoms. The zero-order valence-corrected chi connectivity index (χ0v) is 10.7. The lowest BCUT2D eigenvalue weighted by Crippen LogP contribution is -2.23. The van der Waals surface area contributed by atoms with Gasteiger partial charge in [0.05, 0.1) is 6.61 Å². The SMILES string of the molecule is CCOc1cccc(C(N)C2CCCCC2)c1. The summed E-state index contributed by atoms with van der Waals surface area (Å²) in [7, 11) is 0. The summed E-state index contributed by atoms with van der Waals surface area (Å²) in [6, 6.07) is 8.45. The van der Waals surface area contributed by atoms with Gasteiger partial charge in [0.15, 0.2) is 0 Å². The molecular formula is C15H23NO. The van der Waals surface area contributed by atoms with E-state index in [1.807, 2.05) is 19.1 Å². The van der Waals surface area contributed by atoms with Crippen LogP contribution in [0.3, 0.4) is 0 Å². The monoisotopic (exact) mass is 233 g/mol. The van der Waals surface area contributed by atoms with Crippen LogP contribution in [0.2, 0.25) is 0 Å². The van der Waals surface area contributed by atoms with E-state index in [4.69, 9.17) is 10.5 Å². The van der Waals surface area contributed by atoms with Crippen molar-refractivity contribution >= 4 is 0 Å². The highest BCUT2D eigenvalue weighted by Gasteiger charge is 2.21. The Hall–Kier alpha value is -1.02. The average molecular weight is 233 g/mol. The standard InChI is InChI=1S/C15H23NO/c1-2-17-14-10-6-9-13(11-14)15(16)12-7-4-3-5-8-12/h6,9-12,15H,2-5,7-8,16H2,1H3. The quantitative estimate of drug-likeness (QED) is 0.861. The third kappa shape index (κ3) is 3.22. The van der Waals surface area contributed by atoms with Crippen molar-refractivity contribution < 1.29 is 4.74 Å². The van der Waals surface area contributed by atoms with Gasteiger partial charge in [0.25, 0.3) is 0 Å². The van der Waals surface area contributed by atoms with Gasteiger partial charge in [-0.25, -0.2) is 0 Å². The molecule has 1 unspecified atom stereocenters. The zero-order chi connectivity index (χ0) is 12.1. The Morgan fingerprint density at radius 1 is 1.29 bits per heavy atom. The number of rotatable bonds is 4. The molecule has 2 nitrogen and oxygen atoms in total. The van der Waals surface area contributed by atoms with Gasteiger partial charge in [-0.1, -0.05) is 31.4 Å². The van der Waals surface area contributed by atoms with Gasteiger partial charge in [-0.15, -0.1) is 0 Å². The van der Waals surface area contributed by atoms with E-state index in [2.05, 4.69) is 12.1 Å². The van der Waals surface area contributed by atoms with Crippen molar-refractivity contribution in [2.75, 3.05) is 6.61 Å². The van der Waals surface area contributed by atoms with Crippen LogP contribution >= 0.6 is 0 Å². The molecule has 0 amide bonds. The van der Waals surface area contributed by atoms with E-state index in [9.17, 15) is 0 Å². The summed E-state index contributed by atoms with van der Waals surface area (Å²) in [5.74, 6) is 1.59. The van der Waals surface area contributed by atoms with E-state index < -0.39 is 0 Å². The second-order valence-corrected chi connectivity index (χ2v) is 4.93. The molecule has 0 aromatic heterocycles. The summed E-state index contributed by atoms with van der Waals surface area (Å²) in [6.07, 6.45) is 6.61. The highest BCUT2D eigenvalue weighted by molar-refractivity contribution is 5.30. The average Bonchev–Trinajstić information content (AvgIpc) is 2.40. The minimum atomic E-state index is 0.177. The van der Waals surface area contributed by atoms with Gasteiger partial charge >= 0.3 is 0 Å². The van der Waals surface area contributed by atoms with Crippen molar-refractivity contribution in [3.63, 3.8) is 0 Å². The first-order chi connectivity index (χ1) is 8.31. The molecule has 0 saturated heterocycles. The maximum Gasteiger partial charge on any atom is 0.119 e. The topological polar surface area (TPSA) is 35.2 Å². The first-order valence-electron chi connectivity index (χ1n) is 6.79. The Kier molecular flexibility index (Phi) is 4.43. The van der Waals surface area contributed by atoms with Crippen molar-refractivity contribution in [2.45, 2.75) is 45.1 Å². The molecular weight excluding hydrogens is 210 g/mol. The zero-order valence-electron chi connectivity index (χ0n) is 10.7. The molecule has 1 fully saturated rings. The Labute approximate surface area is 104 Å². The van der Waals surface area contributed by atoms with Gasteiger partial charge < -0.3 is 10.5 Å². The second kappa shape index (κ2) is 6.06. The van der Waals surface area contributed by atoms with Crippen molar-refractivity contribution in [2.24, 2.45) is 11.7 Å². The third-order valence-corrected chi connectivity index (χ3v) is 3.71. The summed E-state index contributed by atoms with van der Waals surface area (Å²) in [5, 5.41) is 0. The van der Waals surface area contributed by atoms with E-state index >= 15 is 0 Å². The lowest BCUT2D eigenvalue weighted by molar-refractivity contribution is 0.306. The minimum Gasteiger partial charge on any atom is -0.494 e. The van der Waals surface area contributed by atoms with E-state index in [0.29, 0.717) is 12.5 Å². The fourth-order valence-electron chi connectivity index (χ4n) is 2.74. The van der Waals surface area contributed by atoms with Crippen LogP contribution in [0.25, 0.3) is 0 Å². The van der Waals surface area contributed by atoms with Crippen LogP contribution in [0.15, 0.2) is 24.3 Å². The number of hydrogen-bond acceptors (Lipinski definition) is 2. The molecule has 0 heterocycles. The molecule has 0 aliphatic heterocycles. The number of hydrogen-bond donors (Lipinski definition) is 1. The van der Waals surface area contributed by atoms with Crippen LogP contribution in [0.5, 0.6) is 5.75 Å². The van der Waals surface area contributed by atoms with Crippen molar-refractivity contribution in [1.29, 1.82) is 0 Å². The van der Waals surface area contributed by atoms with Crippen LogP contribution < -0.4 is 10.5 Å². The first-order valence-corrected chi connectivity index (χ1v) is 6.79. The Balaban J connectivity index is 2.06. The molecule has 0 radical (unpaired) electrons. The molecule has 1 saturated carbocycles. The van der Waals surface area contributed by atoms with Gasteiger partial charge in [-0.2, -0.15) is 0 Å². The van der Waals surface area contributed by atoms with Crippen LogP contribution in [0, 0.1) is 5.92 Å². The lowest BCUT2D eigenvalue weighted by atomic mass is 9.81. The summed E-state index contributed by atoms with van der Waals surface area (Å²) in [4.78, 5) is 0. The van der Waals surface area contributed by atoms with Gasteiger partial charge in [0, 0.05) is 6.04 Å². The fourth-order valence-corrected chi connectivity index (χ4v) is 2.74. The highest BCUT2D eigenvalue weighted by Crippen LogP contribution is 2.33. The van der Waals surface area contributed by atoms with Crippen LogP contribution in [0.1, 0.15) is 50.6 Å². The molecule has 2 heteroatoms. The fraction of sp³-hybridized carbons (Fsp3) is 0.600. The number of nitrogens with two attached hydrogens (primary N) is 1. The third-order valence-electron chi connectivity index (χ3n) is 3.71. The van der Waals surface area contributed by atoms with Crippen LogP contribution in [-0.4, -0.2) is 6.61 Å². The normalized spacial score (nSPS) is 18.9. The molecule has 1 aromatic rings. The maximum atomic E-state index is 6.38. The van der Waals surface area contributed by atoms with Crippen molar-refractivity contribution in [1.82, 2.24) is 0 Å². The summed E-state index contributed by atoms with van der Waals surface area (Å²) in [6.45, 7) is 2.72. The Morgan fingerprint density at radius 2 is 2.06 bits per heavy atom. The molecule has 94 valence electrons.